The summed E-state index contributed by atoms with van der Waals surface area (Å²) >= 11 is 12.9. The standard InChI is InChI=1S/C19H13Cl2N3O4S/c20-14-6-4-12(5-7-14)17(25)23-22-9-15-16(21)24(19(28)29-15)10-11-2-1-3-13(8-11)18(26)27/h1-9H,10H2,(H,23,25)(H,26,27)/b22-9-. The molecule has 3 aromatic rings. The van der Waals surface area contributed by atoms with E-state index in [1.165, 1.54) is 22.9 Å². The summed E-state index contributed by atoms with van der Waals surface area (Å²) in [6.07, 6.45) is 1.28. The molecule has 3 rings (SSSR count). The van der Waals surface area contributed by atoms with Gasteiger partial charge in [-0.05, 0) is 42.0 Å². The SMILES string of the molecule is O=C(O)c1cccc(Cn2c(Cl)c(/C=N\NC(=O)c3ccc(Cl)cc3)sc2=O)c1. The minimum absolute atomic E-state index is 0.111. The number of benzene rings is 2. The van der Waals surface area contributed by atoms with Crippen LogP contribution < -0.4 is 10.3 Å². The van der Waals surface area contributed by atoms with Crippen LogP contribution in [-0.2, 0) is 6.54 Å². The summed E-state index contributed by atoms with van der Waals surface area (Å²) < 4.78 is 1.30. The Morgan fingerprint density at radius 2 is 1.86 bits per heavy atom. The Kier molecular flexibility index (Phi) is 6.48. The number of halogens is 2. The smallest absolute Gasteiger partial charge is 0.335 e. The number of nitrogens with one attached hydrogen (secondary N) is 1. The second-order valence-electron chi connectivity index (χ2n) is 5.82. The monoisotopic (exact) mass is 449 g/mol. The van der Waals surface area contributed by atoms with Crippen LogP contribution in [0.4, 0.5) is 0 Å². The van der Waals surface area contributed by atoms with Gasteiger partial charge in [-0.2, -0.15) is 5.10 Å². The lowest BCUT2D eigenvalue weighted by Gasteiger charge is -2.05. The molecule has 10 heteroatoms. The summed E-state index contributed by atoms with van der Waals surface area (Å²) in [6.45, 7) is 0.111. The normalized spacial score (nSPS) is 11.0. The third-order valence-electron chi connectivity index (χ3n) is 3.83. The summed E-state index contributed by atoms with van der Waals surface area (Å²) in [7, 11) is 0. The molecule has 7 nitrogen and oxygen atoms in total. The molecular weight excluding hydrogens is 437 g/mol. The zero-order chi connectivity index (χ0) is 21.0. The maximum absolute atomic E-state index is 12.3. The number of hydrazone groups is 1. The van der Waals surface area contributed by atoms with Crippen LogP contribution in [0.2, 0.25) is 10.2 Å². The quantitative estimate of drug-likeness (QED) is 0.442. The van der Waals surface area contributed by atoms with Gasteiger partial charge in [0.15, 0.2) is 0 Å². The number of hydrogen-bond acceptors (Lipinski definition) is 5. The van der Waals surface area contributed by atoms with Crippen LogP contribution in [0.25, 0.3) is 0 Å². The van der Waals surface area contributed by atoms with E-state index >= 15 is 0 Å². The van der Waals surface area contributed by atoms with E-state index < -0.39 is 11.9 Å². The van der Waals surface area contributed by atoms with Gasteiger partial charge in [-0.15, -0.1) is 0 Å². The first-order chi connectivity index (χ1) is 13.8. The first-order valence-electron chi connectivity index (χ1n) is 8.15. The number of amides is 1. The van der Waals surface area contributed by atoms with Crippen LogP contribution in [0, 0.1) is 0 Å². The average molecular weight is 450 g/mol. The Morgan fingerprint density at radius 3 is 2.55 bits per heavy atom. The van der Waals surface area contributed by atoms with Gasteiger partial charge in [0.1, 0.15) is 5.15 Å². The maximum Gasteiger partial charge on any atom is 0.335 e. The van der Waals surface area contributed by atoms with Crippen LogP contribution >= 0.6 is 34.5 Å². The minimum atomic E-state index is -1.06. The highest BCUT2D eigenvalue weighted by Gasteiger charge is 2.13. The van der Waals surface area contributed by atoms with Crippen molar-refractivity contribution in [3.8, 4) is 0 Å². The zero-order valence-corrected chi connectivity index (χ0v) is 17.0. The van der Waals surface area contributed by atoms with Crippen LogP contribution in [0.5, 0.6) is 0 Å². The second-order valence-corrected chi connectivity index (χ2v) is 7.61. The lowest BCUT2D eigenvalue weighted by atomic mass is 10.1. The number of aromatic carboxylic acids is 1. The van der Waals surface area contributed by atoms with Crippen LogP contribution in [0.1, 0.15) is 31.2 Å². The van der Waals surface area contributed by atoms with E-state index in [1.54, 1.807) is 36.4 Å². The minimum Gasteiger partial charge on any atom is -0.478 e. The number of carbonyl (C=O) groups excluding carboxylic acids is 1. The van der Waals surface area contributed by atoms with Crippen molar-refractivity contribution in [1.82, 2.24) is 9.99 Å². The highest BCUT2D eigenvalue weighted by molar-refractivity contribution is 7.11. The Hall–Kier alpha value is -2.94. The fourth-order valence-electron chi connectivity index (χ4n) is 2.42. The van der Waals surface area contributed by atoms with Crippen molar-refractivity contribution in [3.05, 3.63) is 89.9 Å². The molecule has 0 spiro atoms. The van der Waals surface area contributed by atoms with E-state index in [0.29, 0.717) is 21.0 Å². The Morgan fingerprint density at radius 1 is 1.14 bits per heavy atom. The molecule has 148 valence electrons. The summed E-state index contributed by atoms with van der Waals surface area (Å²) in [5.74, 6) is -1.49. The van der Waals surface area contributed by atoms with Crippen LogP contribution in [0.15, 0.2) is 58.4 Å². The van der Waals surface area contributed by atoms with E-state index in [2.05, 4.69) is 10.5 Å². The molecule has 0 aliphatic rings. The van der Waals surface area contributed by atoms with E-state index in [0.717, 1.165) is 11.3 Å². The predicted molar refractivity (Wildman–Crippen MR) is 113 cm³/mol. The third-order valence-corrected chi connectivity index (χ3v) is 5.51. The van der Waals surface area contributed by atoms with Crippen molar-refractivity contribution >= 4 is 52.6 Å². The molecule has 0 bridgehead atoms. The number of rotatable bonds is 6. The van der Waals surface area contributed by atoms with E-state index in [9.17, 15) is 14.4 Å². The highest BCUT2D eigenvalue weighted by atomic mass is 35.5. The van der Waals surface area contributed by atoms with E-state index in [4.69, 9.17) is 28.3 Å². The van der Waals surface area contributed by atoms with Crippen molar-refractivity contribution in [2.24, 2.45) is 5.10 Å². The fourth-order valence-corrected chi connectivity index (χ4v) is 3.65. The lowest BCUT2D eigenvalue weighted by Crippen LogP contribution is -2.17. The van der Waals surface area contributed by atoms with Gasteiger partial charge < -0.3 is 5.11 Å². The molecule has 1 aromatic heterocycles. The molecule has 1 amide bonds. The summed E-state index contributed by atoms with van der Waals surface area (Å²) in [5.41, 5.74) is 3.46. The molecular formula is C19H13Cl2N3O4S. The average Bonchev–Trinajstić information content (AvgIpc) is 2.96. The van der Waals surface area contributed by atoms with Crippen molar-refractivity contribution < 1.29 is 14.7 Å². The number of carboxylic acid groups (broad SMARTS) is 1. The molecule has 0 atom stereocenters. The van der Waals surface area contributed by atoms with E-state index in [-0.39, 0.29) is 22.1 Å². The lowest BCUT2D eigenvalue weighted by molar-refractivity contribution is 0.0696. The van der Waals surface area contributed by atoms with Gasteiger partial charge in [-0.3, -0.25) is 14.2 Å². The molecule has 2 N–H and O–H groups in total. The molecule has 29 heavy (non-hydrogen) atoms. The summed E-state index contributed by atoms with van der Waals surface area (Å²) in [5, 5.41) is 13.6. The molecule has 0 aliphatic carbocycles. The number of aromatic nitrogens is 1. The number of carboxylic acids is 1. The van der Waals surface area contributed by atoms with Crippen LogP contribution in [-0.4, -0.2) is 27.8 Å². The first-order valence-corrected chi connectivity index (χ1v) is 9.72. The molecule has 0 fully saturated rings. The summed E-state index contributed by atoms with van der Waals surface area (Å²) in [4.78, 5) is 35.4. The first kappa shape index (κ1) is 20.8. The summed E-state index contributed by atoms with van der Waals surface area (Å²) in [6, 6.07) is 12.5. The molecule has 0 saturated heterocycles. The van der Waals surface area contributed by atoms with Gasteiger partial charge in [0.2, 0.25) is 0 Å². The topological polar surface area (TPSA) is 101 Å². The van der Waals surface area contributed by atoms with Gasteiger partial charge in [-0.1, -0.05) is 46.7 Å². The second kappa shape index (κ2) is 9.04. The largest absolute Gasteiger partial charge is 0.478 e. The van der Waals surface area contributed by atoms with Gasteiger partial charge in [0.25, 0.3) is 5.91 Å². The third kappa shape index (κ3) is 5.11. The maximum atomic E-state index is 12.3. The van der Waals surface area contributed by atoms with Crippen molar-refractivity contribution in [1.29, 1.82) is 0 Å². The Balaban J connectivity index is 1.73. The molecule has 0 saturated carbocycles. The number of carbonyl (C=O) groups is 2. The molecule has 0 unspecified atom stereocenters. The van der Waals surface area contributed by atoms with Gasteiger partial charge >= 0.3 is 10.8 Å². The van der Waals surface area contributed by atoms with Gasteiger partial charge in [0, 0.05) is 10.6 Å². The Bertz CT molecular complexity index is 1150. The van der Waals surface area contributed by atoms with Crippen molar-refractivity contribution in [2.75, 3.05) is 0 Å². The van der Waals surface area contributed by atoms with Gasteiger partial charge in [0.05, 0.1) is 23.2 Å². The van der Waals surface area contributed by atoms with Crippen molar-refractivity contribution in [2.45, 2.75) is 6.54 Å². The Labute approximate surface area is 178 Å². The predicted octanol–water partition coefficient (Wildman–Crippen LogP) is 3.73. The fraction of sp³-hybridized carbons (Fsp3) is 0.0526. The van der Waals surface area contributed by atoms with Gasteiger partial charge in [-0.25, -0.2) is 10.2 Å². The molecule has 0 radical (unpaired) electrons. The van der Waals surface area contributed by atoms with E-state index in [1.807, 2.05) is 0 Å². The molecule has 0 aliphatic heterocycles. The van der Waals surface area contributed by atoms with Crippen molar-refractivity contribution in [3.63, 3.8) is 0 Å². The molecule has 1 heterocycles. The molecule has 2 aromatic carbocycles. The number of thiazole rings is 1. The highest BCUT2D eigenvalue weighted by Crippen LogP contribution is 2.19. The number of nitrogens with zero attached hydrogens (tertiary/aromatic N) is 2. The zero-order valence-electron chi connectivity index (χ0n) is 14.6. The number of hydrogen-bond donors (Lipinski definition) is 2. The van der Waals surface area contributed by atoms with Crippen LogP contribution in [0.3, 0.4) is 0 Å².